The number of methoxy groups -OCH3 is 1. The Kier molecular flexibility index (Phi) is 5.24. The molecule has 0 aromatic carbocycles. The second-order valence-electron chi connectivity index (χ2n) is 6.72. The van der Waals surface area contributed by atoms with Gasteiger partial charge in [0, 0.05) is 37.3 Å². The Morgan fingerprint density at radius 1 is 1.40 bits per heavy atom. The Balaban J connectivity index is 1.84. The lowest BCUT2D eigenvalue weighted by Crippen LogP contribution is -2.34. The lowest BCUT2D eigenvalue weighted by molar-refractivity contribution is 0.134. The monoisotopic (exact) mass is 280 g/mol. The van der Waals surface area contributed by atoms with E-state index in [1.54, 1.807) is 7.11 Å². The van der Waals surface area contributed by atoms with Crippen LogP contribution in [0.5, 0.6) is 0 Å². The van der Waals surface area contributed by atoms with Crippen molar-refractivity contribution in [3.63, 3.8) is 0 Å². The second kappa shape index (κ2) is 6.74. The van der Waals surface area contributed by atoms with Crippen molar-refractivity contribution < 1.29 is 9.15 Å². The molecule has 0 radical (unpaired) electrons. The lowest BCUT2D eigenvalue weighted by Gasteiger charge is -2.20. The summed E-state index contributed by atoms with van der Waals surface area (Å²) in [7, 11) is 1.76. The summed E-state index contributed by atoms with van der Waals surface area (Å²) in [4.78, 5) is 2.46. The fourth-order valence-corrected chi connectivity index (χ4v) is 2.21. The van der Waals surface area contributed by atoms with Gasteiger partial charge in [-0.15, -0.1) is 0 Å². The molecule has 4 heteroatoms. The van der Waals surface area contributed by atoms with E-state index in [9.17, 15) is 0 Å². The van der Waals surface area contributed by atoms with E-state index >= 15 is 0 Å². The van der Waals surface area contributed by atoms with Crippen LogP contribution in [-0.4, -0.2) is 36.7 Å². The van der Waals surface area contributed by atoms with E-state index in [1.165, 1.54) is 18.4 Å². The van der Waals surface area contributed by atoms with Crippen molar-refractivity contribution in [3.05, 3.63) is 23.7 Å². The number of rotatable bonds is 8. The SMILES string of the molecule is COCCN(Cc1cc(CNC(C)(C)C)co1)C1CC1. The van der Waals surface area contributed by atoms with Crippen LogP contribution < -0.4 is 5.32 Å². The zero-order valence-corrected chi connectivity index (χ0v) is 13.2. The van der Waals surface area contributed by atoms with Gasteiger partial charge in [-0.3, -0.25) is 4.90 Å². The van der Waals surface area contributed by atoms with Gasteiger partial charge in [0.05, 0.1) is 19.4 Å². The molecule has 0 atom stereocenters. The molecule has 1 fully saturated rings. The average Bonchev–Trinajstić information content (AvgIpc) is 3.12. The molecule has 0 saturated heterocycles. The number of hydrogen-bond donors (Lipinski definition) is 1. The molecule has 114 valence electrons. The van der Waals surface area contributed by atoms with Gasteiger partial charge in [0.15, 0.2) is 0 Å². The van der Waals surface area contributed by atoms with Crippen molar-refractivity contribution >= 4 is 0 Å². The van der Waals surface area contributed by atoms with Gasteiger partial charge >= 0.3 is 0 Å². The van der Waals surface area contributed by atoms with Crippen LogP contribution in [0.3, 0.4) is 0 Å². The van der Waals surface area contributed by atoms with Crippen LogP contribution in [0.4, 0.5) is 0 Å². The van der Waals surface area contributed by atoms with E-state index < -0.39 is 0 Å². The predicted molar refractivity (Wildman–Crippen MR) is 80.6 cm³/mol. The van der Waals surface area contributed by atoms with Crippen molar-refractivity contribution in [3.8, 4) is 0 Å². The standard InChI is InChI=1S/C16H28N2O2/c1-16(2,3)17-10-13-9-15(20-12-13)11-18(7-8-19-4)14-5-6-14/h9,12,14,17H,5-8,10-11H2,1-4H3. The highest BCUT2D eigenvalue weighted by Gasteiger charge is 2.29. The molecule has 1 saturated carbocycles. The minimum absolute atomic E-state index is 0.135. The Hall–Kier alpha value is -0.840. The van der Waals surface area contributed by atoms with E-state index in [4.69, 9.17) is 9.15 Å². The topological polar surface area (TPSA) is 37.6 Å². The van der Waals surface area contributed by atoms with Crippen LogP contribution in [-0.2, 0) is 17.8 Å². The van der Waals surface area contributed by atoms with Gasteiger partial charge in [0.1, 0.15) is 5.76 Å². The predicted octanol–water partition coefficient (Wildman–Crippen LogP) is 2.78. The van der Waals surface area contributed by atoms with Gasteiger partial charge in [-0.25, -0.2) is 0 Å². The van der Waals surface area contributed by atoms with Gasteiger partial charge in [0.2, 0.25) is 0 Å². The van der Waals surface area contributed by atoms with Crippen LogP contribution in [0.1, 0.15) is 44.9 Å². The fourth-order valence-electron chi connectivity index (χ4n) is 2.21. The zero-order valence-electron chi connectivity index (χ0n) is 13.2. The summed E-state index contributed by atoms with van der Waals surface area (Å²) in [6.45, 7) is 10.0. The largest absolute Gasteiger partial charge is 0.468 e. The van der Waals surface area contributed by atoms with Crippen LogP contribution in [0.25, 0.3) is 0 Å². The Morgan fingerprint density at radius 2 is 2.15 bits per heavy atom. The maximum Gasteiger partial charge on any atom is 0.118 e. The molecule has 20 heavy (non-hydrogen) atoms. The Bertz CT molecular complexity index is 405. The first-order chi connectivity index (χ1) is 9.48. The maximum absolute atomic E-state index is 5.70. The first-order valence-corrected chi connectivity index (χ1v) is 7.52. The van der Waals surface area contributed by atoms with Crippen LogP contribution in [0.15, 0.2) is 16.7 Å². The first-order valence-electron chi connectivity index (χ1n) is 7.52. The van der Waals surface area contributed by atoms with E-state index in [0.29, 0.717) is 0 Å². The summed E-state index contributed by atoms with van der Waals surface area (Å²) >= 11 is 0. The summed E-state index contributed by atoms with van der Waals surface area (Å²) in [6, 6.07) is 2.90. The number of furan rings is 1. The molecule has 1 aromatic heterocycles. The molecule has 1 N–H and O–H groups in total. The lowest BCUT2D eigenvalue weighted by atomic mass is 10.1. The maximum atomic E-state index is 5.70. The summed E-state index contributed by atoms with van der Waals surface area (Å²) < 4.78 is 10.9. The molecule has 1 aliphatic carbocycles. The van der Waals surface area contributed by atoms with Crippen LogP contribution >= 0.6 is 0 Å². The molecule has 0 amide bonds. The highest BCUT2D eigenvalue weighted by Crippen LogP contribution is 2.28. The van der Waals surface area contributed by atoms with Gasteiger partial charge in [-0.1, -0.05) is 0 Å². The molecule has 0 aliphatic heterocycles. The van der Waals surface area contributed by atoms with Crippen LogP contribution in [0.2, 0.25) is 0 Å². The molecular weight excluding hydrogens is 252 g/mol. The molecular formula is C16H28N2O2. The average molecular weight is 280 g/mol. The summed E-state index contributed by atoms with van der Waals surface area (Å²) in [6.07, 6.45) is 4.49. The molecule has 1 heterocycles. The number of nitrogens with zero attached hydrogens (tertiary/aromatic N) is 1. The Labute approximate surface area is 122 Å². The van der Waals surface area contributed by atoms with Gasteiger partial charge in [-0.2, -0.15) is 0 Å². The van der Waals surface area contributed by atoms with E-state index in [1.807, 2.05) is 6.26 Å². The minimum Gasteiger partial charge on any atom is -0.468 e. The van der Waals surface area contributed by atoms with Crippen molar-refractivity contribution in [2.24, 2.45) is 0 Å². The third kappa shape index (κ3) is 5.27. The van der Waals surface area contributed by atoms with E-state index in [2.05, 4.69) is 37.1 Å². The number of ether oxygens (including phenoxy) is 1. The van der Waals surface area contributed by atoms with Crippen LogP contribution in [0, 0.1) is 0 Å². The van der Waals surface area contributed by atoms with Crippen molar-refractivity contribution in [1.29, 1.82) is 0 Å². The molecule has 1 aromatic rings. The highest BCUT2D eigenvalue weighted by molar-refractivity contribution is 5.13. The quantitative estimate of drug-likeness (QED) is 0.794. The van der Waals surface area contributed by atoms with Crippen molar-refractivity contribution in [1.82, 2.24) is 10.2 Å². The highest BCUT2D eigenvalue weighted by atomic mass is 16.5. The number of nitrogens with one attached hydrogen (secondary N) is 1. The van der Waals surface area contributed by atoms with E-state index in [0.717, 1.165) is 38.0 Å². The molecule has 0 spiro atoms. The summed E-state index contributed by atoms with van der Waals surface area (Å²) in [5, 5.41) is 3.48. The van der Waals surface area contributed by atoms with Gasteiger partial charge in [0.25, 0.3) is 0 Å². The normalized spacial score (nSPS) is 16.1. The number of hydrogen-bond acceptors (Lipinski definition) is 4. The fraction of sp³-hybridized carbons (Fsp3) is 0.750. The smallest absolute Gasteiger partial charge is 0.118 e. The van der Waals surface area contributed by atoms with Crippen molar-refractivity contribution in [2.45, 2.75) is 58.3 Å². The third-order valence-electron chi connectivity index (χ3n) is 3.54. The van der Waals surface area contributed by atoms with Crippen molar-refractivity contribution in [2.75, 3.05) is 20.3 Å². The third-order valence-corrected chi connectivity index (χ3v) is 3.54. The van der Waals surface area contributed by atoms with Gasteiger partial charge in [-0.05, 0) is 39.7 Å². The summed E-state index contributed by atoms with van der Waals surface area (Å²) in [5.41, 5.74) is 1.35. The van der Waals surface area contributed by atoms with Gasteiger partial charge < -0.3 is 14.5 Å². The molecule has 2 rings (SSSR count). The molecule has 4 nitrogen and oxygen atoms in total. The zero-order chi connectivity index (χ0) is 14.6. The summed E-state index contributed by atoms with van der Waals surface area (Å²) in [5.74, 6) is 1.05. The second-order valence-corrected chi connectivity index (χ2v) is 6.72. The van der Waals surface area contributed by atoms with E-state index in [-0.39, 0.29) is 5.54 Å². The molecule has 0 bridgehead atoms. The molecule has 1 aliphatic rings. The molecule has 0 unspecified atom stereocenters. The Morgan fingerprint density at radius 3 is 2.75 bits per heavy atom. The first kappa shape index (κ1) is 15.5. The minimum atomic E-state index is 0.135.